The Balaban J connectivity index is 1.88. The molecule has 0 aliphatic carbocycles. The summed E-state index contributed by atoms with van der Waals surface area (Å²) in [6, 6.07) is 5.65. The van der Waals surface area contributed by atoms with Gasteiger partial charge in [-0.25, -0.2) is 4.98 Å². The predicted molar refractivity (Wildman–Crippen MR) is 78.4 cm³/mol. The van der Waals surface area contributed by atoms with E-state index in [1.807, 2.05) is 25.1 Å². The number of aromatic nitrogens is 1. The quantitative estimate of drug-likeness (QED) is 0.848. The molecule has 0 fully saturated rings. The summed E-state index contributed by atoms with van der Waals surface area (Å²) in [7, 11) is 0. The first-order valence-corrected chi connectivity index (χ1v) is 6.54. The average Bonchev–Trinajstić information content (AvgIpc) is 2.84. The Bertz CT molecular complexity index is 542. The van der Waals surface area contributed by atoms with Gasteiger partial charge in [-0.05, 0) is 58.8 Å². The van der Waals surface area contributed by atoms with Crippen molar-refractivity contribution in [3.05, 3.63) is 46.5 Å². The van der Waals surface area contributed by atoms with Crippen LogP contribution >= 0.6 is 28.1 Å². The maximum atomic E-state index is 5.20. The molecule has 2 aromatic rings. The minimum atomic E-state index is 0.514. The number of nitrogens with one attached hydrogen (secondary N) is 2. The first-order valence-electron chi connectivity index (χ1n) is 5.34. The summed E-state index contributed by atoms with van der Waals surface area (Å²) >= 11 is 8.57. The molecule has 18 heavy (non-hydrogen) atoms. The van der Waals surface area contributed by atoms with Gasteiger partial charge >= 0.3 is 0 Å². The van der Waals surface area contributed by atoms with Crippen molar-refractivity contribution >= 4 is 39.1 Å². The van der Waals surface area contributed by atoms with Crippen LogP contribution in [0.25, 0.3) is 0 Å². The average molecular weight is 326 g/mol. The molecule has 0 spiro atoms. The molecule has 0 saturated carbocycles. The van der Waals surface area contributed by atoms with E-state index in [1.54, 1.807) is 12.5 Å². The number of rotatable bonds is 3. The molecule has 0 radical (unpaired) electrons. The Labute approximate surface area is 119 Å². The van der Waals surface area contributed by atoms with Gasteiger partial charge in [0, 0.05) is 10.7 Å². The molecule has 0 aliphatic heterocycles. The van der Waals surface area contributed by atoms with Crippen molar-refractivity contribution in [3.63, 3.8) is 0 Å². The highest BCUT2D eigenvalue weighted by Gasteiger charge is 2.02. The van der Waals surface area contributed by atoms with E-state index in [0.29, 0.717) is 17.5 Å². The van der Waals surface area contributed by atoms with Crippen molar-refractivity contribution in [1.29, 1.82) is 0 Å². The molecule has 2 rings (SSSR count). The number of thiocarbonyl (C=S) groups is 1. The van der Waals surface area contributed by atoms with E-state index in [1.165, 1.54) is 0 Å². The first kappa shape index (κ1) is 13.0. The Morgan fingerprint density at radius 1 is 1.56 bits per heavy atom. The summed E-state index contributed by atoms with van der Waals surface area (Å²) < 4.78 is 6.17. The van der Waals surface area contributed by atoms with E-state index in [-0.39, 0.29) is 0 Å². The molecule has 94 valence electrons. The van der Waals surface area contributed by atoms with Crippen LogP contribution in [-0.2, 0) is 6.54 Å². The van der Waals surface area contributed by atoms with Crippen LogP contribution in [0.4, 0.5) is 5.82 Å². The fourth-order valence-corrected chi connectivity index (χ4v) is 1.74. The number of pyridine rings is 1. The van der Waals surface area contributed by atoms with E-state index in [0.717, 1.165) is 15.8 Å². The number of anilines is 1. The summed E-state index contributed by atoms with van der Waals surface area (Å²) in [4.78, 5) is 4.22. The minimum Gasteiger partial charge on any atom is -0.467 e. The summed E-state index contributed by atoms with van der Waals surface area (Å²) in [6.07, 6.45) is 3.37. The third-order valence-corrected chi connectivity index (χ3v) is 3.37. The van der Waals surface area contributed by atoms with Crippen LogP contribution in [-0.4, -0.2) is 10.1 Å². The van der Waals surface area contributed by atoms with Crippen molar-refractivity contribution in [1.82, 2.24) is 10.3 Å². The van der Waals surface area contributed by atoms with E-state index < -0.39 is 0 Å². The van der Waals surface area contributed by atoms with Crippen molar-refractivity contribution in [2.45, 2.75) is 13.5 Å². The zero-order valence-electron chi connectivity index (χ0n) is 9.74. The molecule has 0 unspecified atom stereocenters. The molecule has 0 atom stereocenters. The number of furan rings is 1. The number of nitrogens with zero attached hydrogens (tertiary/aromatic N) is 1. The number of halogens is 1. The maximum absolute atomic E-state index is 5.20. The Morgan fingerprint density at radius 3 is 3.06 bits per heavy atom. The third-order valence-electron chi connectivity index (χ3n) is 2.29. The number of hydrogen-bond acceptors (Lipinski definition) is 3. The molecule has 6 heteroatoms. The summed E-state index contributed by atoms with van der Waals surface area (Å²) in [5, 5.41) is 6.58. The molecule has 4 nitrogen and oxygen atoms in total. The highest BCUT2D eigenvalue weighted by molar-refractivity contribution is 9.10. The molecule has 0 aromatic carbocycles. The Kier molecular flexibility index (Phi) is 4.33. The number of aryl methyl sites for hydroxylation is 1. The van der Waals surface area contributed by atoms with Gasteiger partial charge in [-0.2, -0.15) is 0 Å². The predicted octanol–water partition coefficient (Wildman–Crippen LogP) is 3.23. The summed E-state index contributed by atoms with van der Waals surface area (Å²) in [5.74, 6) is 1.55. The lowest BCUT2D eigenvalue weighted by molar-refractivity contribution is 0.503. The van der Waals surface area contributed by atoms with Gasteiger partial charge in [-0.3, -0.25) is 0 Å². The second kappa shape index (κ2) is 5.97. The fraction of sp³-hybridized carbons (Fsp3) is 0.167. The van der Waals surface area contributed by atoms with E-state index in [4.69, 9.17) is 16.6 Å². The molecule has 0 amide bonds. The normalized spacial score (nSPS) is 10.1. The second-order valence-electron chi connectivity index (χ2n) is 3.71. The Hall–Kier alpha value is -1.40. The highest BCUT2D eigenvalue weighted by Crippen LogP contribution is 2.17. The molecule has 2 N–H and O–H groups in total. The monoisotopic (exact) mass is 325 g/mol. The van der Waals surface area contributed by atoms with Crippen LogP contribution in [0.2, 0.25) is 0 Å². The van der Waals surface area contributed by atoms with Crippen molar-refractivity contribution in [3.8, 4) is 0 Å². The topological polar surface area (TPSA) is 50.1 Å². The van der Waals surface area contributed by atoms with Crippen LogP contribution < -0.4 is 10.6 Å². The zero-order chi connectivity index (χ0) is 13.0. The van der Waals surface area contributed by atoms with E-state index in [9.17, 15) is 0 Å². The number of hydrogen-bond donors (Lipinski definition) is 2. The van der Waals surface area contributed by atoms with Gasteiger partial charge in [-0.15, -0.1) is 0 Å². The van der Waals surface area contributed by atoms with Crippen LogP contribution in [0.1, 0.15) is 11.3 Å². The lowest BCUT2D eigenvalue weighted by atomic mass is 10.3. The maximum Gasteiger partial charge on any atom is 0.172 e. The fourth-order valence-electron chi connectivity index (χ4n) is 1.35. The Morgan fingerprint density at radius 2 is 2.39 bits per heavy atom. The van der Waals surface area contributed by atoms with E-state index >= 15 is 0 Å². The second-order valence-corrected chi connectivity index (χ2v) is 4.97. The molecular weight excluding hydrogens is 314 g/mol. The highest BCUT2D eigenvalue weighted by atomic mass is 79.9. The SMILES string of the molecule is Cc1cc(NC(=S)NCc2ccco2)ncc1Br. The van der Waals surface area contributed by atoms with E-state index in [2.05, 4.69) is 31.5 Å². The van der Waals surface area contributed by atoms with Crippen LogP contribution in [0.15, 0.2) is 39.5 Å². The van der Waals surface area contributed by atoms with Gasteiger partial charge in [-0.1, -0.05) is 0 Å². The third kappa shape index (κ3) is 3.54. The zero-order valence-corrected chi connectivity index (χ0v) is 12.1. The minimum absolute atomic E-state index is 0.514. The van der Waals surface area contributed by atoms with Gasteiger partial charge in [0.05, 0.1) is 12.8 Å². The van der Waals surface area contributed by atoms with Gasteiger partial charge in [0.25, 0.3) is 0 Å². The van der Waals surface area contributed by atoms with Crippen LogP contribution in [0.5, 0.6) is 0 Å². The smallest absolute Gasteiger partial charge is 0.172 e. The van der Waals surface area contributed by atoms with Crippen molar-refractivity contribution < 1.29 is 4.42 Å². The van der Waals surface area contributed by atoms with Gasteiger partial charge < -0.3 is 15.1 Å². The van der Waals surface area contributed by atoms with Gasteiger partial charge in [0.15, 0.2) is 5.11 Å². The molecule has 0 saturated heterocycles. The van der Waals surface area contributed by atoms with Crippen molar-refractivity contribution in [2.75, 3.05) is 5.32 Å². The molecule has 0 bridgehead atoms. The molecule has 0 aliphatic rings. The summed E-state index contributed by atoms with van der Waals surface area (Å²) in [5.41, 5.74) is 1.10. The van der Waals surface area contributed by atoms with Gasteiger partial charge in [0.1, 0.15) is 11.6 Å². The lowest BCUT2D eigenvalue weighted by Gasteiger charge is -2.09. The summed E-state index contributed by atoms with van der Waals surface area (Å²) in [6.45, 7) is 2.55. The first-order chi connectivity index (χ1) is 8.65. The van der Waals surface area contributed by atoms with Crippen LogP contribution in [0.3, 0.4) is 0 Å². The molecule has 2 heterocycles. The van der Waals surface area contributed by atoms with Crippen LogP contribution in [0, 0.1) is 6.92 Å². The largest absolute Gasteiger partial charge is 0.467 e. The van der Waals surface area contributed by atoms with Crippen molar-refractivity contribution in [2.24, 2.45) is 0 Å². The lowest BCUT2D eigenvalue weighted by Crippen LogP contribution is -2.28. The molecular formula is C12H12BrN3OS. The van der Waals surface area contributed by atoms with Gasteiger partial charge in [0.2, 0.25) is 0 Å². The molecule has 2 aromatic heterocycles. The standard InChI is InChI=1S/C12H12BrN3OS/c1-8-5-11(14-7-10(8)13)16-12(18)15-6-9-3-2-4-17-9/h2-5,7H,6H2,1H3,(H2,14,15,16,18).